The molecule has 0 saturated carbocycles. The average Bonchev–Trinajstić information content (AvgIpc) is 2.88. The lowest BCUT2D eigenvalue weighted by atomic mass is 10.00. The summed E-state index contributed by atoms with van der Waals surface area (Å²) in [6.07, 6.45) is -3.48. The molecule has 3 aromatic rings. The molecule has 0 aliphatic carbocycles. The smallest absolute Gasteiger partial charge is 0.395 e. The molecule has 0 spiro atoms. The van der Waals surface area contributed by atoms with E-state index in [1.54, 1.807) is 36.1 Å². The molecule has 1 atom stereocenters. The summed E-state index contributed by atoms with van der Waals surface area (Å²) in [5.74, 6) is -4.03. The number of nitrogens with zero attached hydrogens (tertiary/aromatic N) is 4. The Hall–Kier alpha value is -3.45. The lowest BCUT2D eigenvalue weighted by Gasteiger charge is -2.37. The second-order valence-corrected chi connectivity index (χ2v) is 9.13. The van der Waals surface area contributed by atoms with Crippen molar-refractivity contribution < 1.29 is 31.9 Å². The van der Waals surface area contributed by atoms with Crippen LogP contribution >= 0.6 is 0 Å². The van der Waals surface area contributed by atoms with E-state index >= 15 is 0 Å². The number of nitrogens with one attached hydrogen (secondary N) is 2. The van der Waals surface area contributed by atoms with Gasteiger partial charge < -0.3 is 15.7 Å². The molecule has 8 nitrogen and oxygen atoms in total. The lowest BCUT2D eigenvalue weighted by Crippen LogP contribution is -2.45. The highest BCUT2D eigenvalue weighted by Gasteiger charge is 2.38. The molecular weight excluding hydrogens is 511 g/mol. The van der Waals surface area contributed by atoms with Crippen molar-refractivity contribution in [1.82, 2.24) is 25.2 Å². The minimum absolute atomic E-state index is 0.00457. The van der Waals surface area contributed by atoms with Crippen molar-refractivity contribution in [3.63, 3.8) is 0 Å². The van der Waals surface area contributed by atoms with Gasteiger partial charge in [-0.3, -0.25) is 9.69 Å². The van der Waals surface area contributed by atoms with Crippen LogP contribution in [-0.2, 0) is 6.18 Å². The van der Waals surface area contributed by atoms with E-state index in [2.05, 4.69) is 25.6 Å². The van der Waals surface area contributed by atoms with Gasteiger partial charge in [-0.25, -0.2) is 23.7 Å². The molecule has 1 amide bonds. The topological polar surface area (TPSA) is 103 Å². The third-order valence-electron chi connectivity index (χ3n) is 6.46. The van der Waals surface area contributed by atoms with Gasteiger partial charge in [-0.2, -0.15) is 13.2 Å². The number of pyridine rings is 1. The van der Waals surface area contributed by atoms with Gasteiger partial charge in [0.1, 0.15) is 5.82 Å². The summed E-state index contributed by atoms with van der Waals surface area (Å²) in [4.78, 5) is 26.3. The fourth-order valence-electron chi connectivity index (χ4n) is 4.45. The number of piperidine rings is 1. The van der Waals surface area contributed by atoms with E-state index in [1.165, 1.54) is 0 Å². The van der Waals surface area contributed by atoms with Gasteiger partial charge in [0.25, 0.3) is 11.8 Å². The molecule has 38 heavy (non-hydrogen) atoms. The zero-order valence-corrected chi connectivity index (χ0v) is 20.5. The van der Waals surface area contributed by atoms with Crippen LogP contribution in [0.2, 0.25) is 0 Å². The molecular formula is C25H27F5N6O2. The monoisotopic (exact) mass is 538 g/mol. The Balaban J connectivity index is 1.58. The number of benzene rings is 1. The number of hydrogen-bond acceptors (Lipinski definition) is 7. The number of aryl methyl sites for hydroxylation is 1. The molecule has 3 heterocycles. The molecule has 3 N–H and O–H groups in total. The number of amides is 1. The largest absolute Gasteiger partial charge is 0.451 e. The number of fused-ring (bicyclic) bond motifs is 1. The maximum Gasteiger partial charge on any atom is 0.451 e. The first kappa shape index (κ1) is 27.6. The van der Waals surface area contributed by atoms with Gasteiger partial charge >= 0.3 is 6.18 Å². The second-order valence-electron chi connectivity index (χ2n) is 9.13. The Morgan fingerprint density at radius 2 is 1.82 bits per heavy atom. The van der Waals surface area contributed by atoms with E-state index in [4.69, 9.17) is 5.11 Å². The molecule has 0 bridgehead atoms. The van der Waals surface area contributed by atoms with Crippen LogP contribution in [0.15, 0.2) is 36.7 Å². The van der Waals surface area contributed by atoms with E-state index < -0.39 is 42.7 Å². The van der Waals surface area contributed by atoms with Crippen LogP contribution < -0.4 is 10.6 Å². The van der Waals surface area contributed by atoms with Gasteiger partial charge in [-0.05, 0) is 30.7 Å². The minimum atomic E-state index is -4.72. The number of halogens is 5. The Bertz CT molecular complexity index is 1280. The minimum Gasteiger partial charge on any atom is -0.395 e. The number of carbonyl (C=O) groups is 1. The third-order valence-corrected chi connectivity index (χ3v) is 6.46. The van der Waals surface area contributed by atoms with Crippen molar-refractivity contribution in [3.8, 4) is 0 Å². The fraction of sp³-hybridized carbons (Fsp3) is 0.440. The van der Waals surface area contributed by atoms with Gasteiger partial charge in [-0.15, -0.1) is 0 Å². The number of likely N-dealkylation sites (tertiary alicyclic amines) is 1. The van der Waals surface area contributed by atoms with Gasteiger partial charge in [0.2, 0.25) is 5.82 Å². The molecule has 1 saturated heterocycles. The Kier molecular flexibility index (Phi) is 8.07. The number of aliphatic hydroxyl groups is 1. The molecule has 1 unspecified atom stereocenters. The molecule has 1 aliphatic rings. The molecule has 0 radical (unpaired) electrons. The molecule has 1 fully saturated rings. The van der Waals surface area contributed by atoms with Crippen molar-refractivity contribution in [1.29, 1.82) is 0 Å². The summed E-state index contributed by atoms with van der Waals surface area (Å²) in [5, 5.41) is 15.4. The number of alkyl halides is 5. The predicted octanol–water partition coefficient (Wildman–Crippen LogP) is 3.96. The van der Waals surface area contributed by atoms with E-state index in [0.29, 0.717) is 34.4 Å². The number of rotatable bonds is 8. The van der Waals surface area contributed by atoms with Crippen molar-refractivity contribution in [2.45, 2.75) is 37.9 Å². The van der Waals surface area contributed by atoms with Crippen molar-refractivity contribution in [2.75, 3.05) is 38.1 Å². The van der Waals surface area contributed by atoms with Gasteiger partial charge in [0.15, 0.2) is 0 Å². The molecule has 2 aromatic heterocycles. The summed E-state index contributed by atoms with van der Waals surface area (Å²) >= 11 is 0. The van der Waals surface area contributed by atoms with Crippen LogP contribution in [0.3, 0.4) is 0 Å². The van der Waals surface area contributed by atoms with Gasteiger partial charge in [0.05, 0.1) is 23.7 Å². The Morgan fingerprint density at radius 3 is 2.45 bits per heavy atom. The Labute approximate surface area is 215 Å². The molecule has 13 heteroatoms. The fourth-order valence-corrected chi connectivity index (χ4v) is 4.45. The lowest BCUT2D eigenvalue weighted by molar-refractivity contribution is -0.145. The van der Waals surface area contributed by atoms with Crippen LogP contribution in [0.1, 0.15) is 46.2 Å². The van der Waals surface area contributed by atoms with Crippen molar-refractivity contribution in [2.24, 2.45) is 0 Å². The number of aliphatic hydroxyl groups excluding tert-OH is 1. The number of aromatic nitrogens is 3. The average molecular weight is 539 g/mol. The summed E-state index contributed by atoms with van der Waals surface area (Å²) in [7, 11) is 0. The highest BCUT2D eigenvalue weighted by atomic mass is 19.4. The summed E-state index contributed by atoms with van der Waals surface area (Å²) < 4.78 is 66.4. The van der Waals surface area contributed by atoms with Gasteiger partial charge in [-0.1, -0.05) is 6.07 Å². The summed E-state index contributed by atoms with van der Waals surface area (Å²) in [5.41, 5.74) is 1.88. The number of anilines is 1. The summed E-state index contributed by atoms with van der Waals surface area (Å²) in [6.45, 7) is 1.94. The van der Waals surface area contributed by atoms with E-state index in [9.17, 15) is 26.7 Å². The Morgan fingerprint density at radius 1 is 1.13 bits per heavy atom. The zero-order chi connectivity index (χ0) is 27.5. The van der Waals surface area contributed by atoms with Crippen molar-refractivity contribution >= 4 is 22.6 Å². The maximum atomic E-state index is 13.8. The number of hydrogen-bond donors (Lipinski definition) is 3. The first-order valence-electron chi connectivity index (χ1n) is 12.0. The third kappa shape index (κ3) is 6.33. The number of carbonyl (C=O) groups excluding carboxylic acids is 1. The van der Waals surface area contributed by atoms with Crippen molar-refractivity contribution in [3.05, 3.63) is 59.2 Å². The predicted molar refractivity (Wildman–Crippen MR) is 130 cm³/mol. The van der Waals surface area contributed by atoms with Crippen LogP contribution in [0.5, 0.6) is 0 Å². The molecule has 1 aliphatic heterocycles. The highest BCUT2D eigenvalue weighted by Crippen LogP contribution is 2.33. The van der Waals surface area contributed by atoms with Crippen LogP contribution in [0, 0.1) is 6.92 Å². The maximum absolute atomic E-state index is 13.8. The van der Waals surface area contributed by atoms with E-state index in [0.717, 1.165) is 12.4 Å². The molecule has 204 valence electrons. The second kappa shape index (κ2) is 11.1. The normalized spacial score (nSPS) is 16.8. The van der Waals surface area contributed by atoms with Crippen LogP contribution in [-0.4, -0.2) is 69.6 Å². The SMILES string of the molecule is Cc1ccc2nc(NCCO)ccc2c1C(=O)NCC(c1cnc(C(F)(F)F)nc1)N1CCC(F)(F)CC1. The molecule has 4 rings (SSSR count). The standard InChI is InChI=1S/C25H27F5N6O2/c1-15-2-4-18-17(3-5-20(35-18)31-8-11-37)21(15)22(38)32-14-19(36-9-6-24(26,27)7-10-36)16-12-33-23(34-13-16)25(28,29)30/h2-5,12-13,19,37H,6-11,14H2,1H3,(H,31,35)(H,32,38). The first-order valence-corrected chi connectivity index (χ1v) is 12.0. The molecule has 1 aromatic carbocycles. The van der Waals surface area contributed by atoms with E-state index in [1.807, 2.05) is 0 Å². The van der Waals surface area contributed by atoms with E-state index in [-0.39, 0.29) is 31.8 Å². The first-order chi connectivity index (χ1) is 18.0. The van der Waals surface area contributed by atoms with Crippen LogP contribution in [0.4, 0.5) is 27.8 Å². The highest BCUT2D eigenvalue weighted by molar-refractivity contribution is 6.07. The van der Waals surface area contributed by atoms with Crippen LogP contribution in [0.25, 0.3) is 10.9 Å². The zero-order valence-electron chi connectivity index (χ0n) is 20.5. The van der Waals surface area contributed by atoms with Gasteiger partial charge in [0, 0.05) is 62.4 Å². The quantitative estimate of drug-likeness (QED) is 0.373. The summed E-state index contributed by atoms with van der Waals surface area (Å²) in [6, 6.07) is 6.22.